The fraction of sp³-hybridized carbons (Fsp3) is 0.368. The Morgan fingerprint density at radius 3 is 2.48 bits per heavy atom. The molecule has 8 heteroatoms. The van der Waals surface area contributed by atoms with Gasteiger partial charge in [0.05, 0.1) is 0 Å². The number of sulfonamides is 1. The molecule has 0 bridgehead atoms. The third-order valence-electron chi connectivity index (χ3n) is 4.42. The Balaban J connectivity index is 2.34. The molecule has 0 radical (unpaired) electrons. The number of nitrogens with zero attached hydrogens (tertiary/aromatic N) is 1. The number of nitrogens with one attached hydrogen (secondary N) is 1. The summed E-state index contributed by atoms with van der Waals surface area (Å²) >= 11 is 0. The number of hydrogen-bond acceptors (Lipinski definition) is 3. The quantitative estimate of drug-likeness (QED) is 0.791. The van der Waals surface area contributed by atoms with Crippen LogP contribution < -0.4 is 5.32 Å². The highest BCUT2D eigenvalue weighted by atomic mass is 32.2. The minimum Gasteiger partial charge on any atom is -0.381 e. The summed E-state index contributed by atoms with van der Waals surface area (Å²) in [5.74, 6) is 0. The van der Waals surface area contributed by atoms with Crippen LogP contribution in [0.4, 0.5) is 13.2 Å². The van der Waals surface area contributed by atoms with Crippen molar-refractivity contribution in [1.29, 1.82) is 0 Å². The summed E-state index contributed by atoms with van der Waals surface area (Å²) in [7, 11) is -5.45. The number of aryl methyl sites for hydroxylation is 1. The molecule has 1 heterocycles. The molecule has 27 heavy (non-hydrogen) atoms. The van der Waals surface area contributed by atoms with Crippen LogP contribution in [0, 0.1) is 0 Å². The second-order valence-corrected chi connectivity index (χ2v) is 8.41. The standard InChI is InChI=1S/C19H23F3N2O2S/c1-4-18-17(14(2)3)13-24(27(25,26)19(20,21)22)12-16(23-18)11-10-15-8-6-5-7-9-15/h4-9,16,23H,1-2,10-13H2,3H3. The van der Waals surface area contributed by atoms with E-state index < -0.39 is 28.1 Å². The van der Waals surface area contributed by atoms with Gasteiger partial charge in [0.1, 0.15) is 0 Å². The van der Waals surface area contributed by atoms with Crippen molar-refractivity contribution in [3.8, 4) is 0 Å². The van der Waals surface area contributed by atoms with Crippen LogP contribution >= 0.6 is 0 Å². The third kappa shape index (κ3) is 5.01. The van der Waals surface area contributed by atoms with Gasteiger partial charge in [0.15, 0.2) is 0 Å². The molecule has 2 rings (SSSR count). The predicted octanol–water partition coefficient (Wildman–Crippen LogP) is 3.76. The van der Waals surface area contributed by atoms with Gasteiger partial charge in [0.25, 0.3) is 0 Å². The lowest BCUT2D eigenvalue weighted by Crippen LogP contribution is -2.46. The molecule has 1 atom stereocenters. The first-order valence-corrected chi connectivity index (χ1v) is 9.88. The average molecular weight is 400 g/mol. The number of hydrogen-bond donors (Lipinski definition) is 1. The van der Waals surface area contributed by atoms with Gasteiger partial charge in [0, 0.05) is 24.8 Å². The number of halogens is 3. The average Bonchev–Trinajstić information content (AvgIpc) is 2.79. The molecule has 0 spiro atoms. The fourth-order valence-electron chi connectivity index (χ4n) is 2.95. The van der Waals surface area contributed by atoms with Crippen molar-refractivity contribution >= 4 is 10.0 Å². The molecule has 0 aromatic heterocycles. The summed E-state index contributed by atoms with van der Waals surface area (Å²) in [4.78, 5) is 0. The predicted molar refractivity (Wildman–Crippen MR) is 100 cm³/mol. The van der Waals surface area contributed by atoms with Crippen molar-refractivity contribution in [2.45, 2.75) is 31.3 Å². The van der Waals surface area contributed by atoms with Crippen molar-refractivity contribution in [2.75, 3.05) is 13.1 Å². The zero-order chi connectivity index (χ0) is 20.2. The largest absolute Gasteiger partial charge is 0.511 e. The highest BCUT2D eigenvalue weighted by Gasteiger charge is 2.50. The molecule has 0 amide bonds. The van der Waals surface area contributed by atoms with Crippen LogP contribution in [0.1, 0.15) is 18.9 Å². The molecular formula is C19H23F3N2O2S. The van der Waals surface area contributed by atoms with Crippen LogP contribution in [0.15, 0.2) is 66.4 Å². The van der Waals surface area contributed by atoms with Gasteiger partial charge in [-0.2, -0.15) is 17.5 Å². The molecule has 1 aliphatic rings. The Kier molecular flexibility index (Phi) is 6.54. The van der Waals surface area contributed by atoms with E-state index in [1.54, 1.807) is 6.92 Å². The molecule has 4 nitrogen and oxygen atoms in total. The Hall–Kier alpha value is -2.06. The maximum atomic E-state index is 13.1. The second-order valence-electron chi connectivity index (χ2n) is 6.49. The van der Waals surface area contributed by atoms with E-state index in [0.717, 1.165) is 5.56 Å². The maximum Gasteiger partial charge on any atom is 0.511 e. The van der Waals surface area contributed by atoms with Crippen molar-refractivity contribution in [1.82, 2.24) is 9.62 Å². The molecule has 1 N–H and O–H groups in total. The van der Waals surface area contributed by atoms with E-state index in [-0.39, 0.29) is 6.54 Å². The molecule has 1 aromatic rings. The van der Waals surface area contributed by atoms with Gasteiger partial charge in [0.2, 0.25) is 0 Å². The molecule has 1 aliphatic heterocycles. The van der Waals surface area contributed by atoms with Gasteiger partial charge in [-0.1, -0.05) is 49.1 Å². The molecular weight excluding hydrogens is 377 g/mol. The van der Waals surface area contributed by atoms with E-state index in [1.165, 1.54) is 6.08 Å². The number of alkyl halides is 3. The topological polar surface area (TPSA) is 49.4 Å². The molecule has 1 aromatic carbocycles. The zero-order valence-corrected chi connectivity index (χ0v) is 15.9. The normalized spacial score (nSPS) is 19.3. The minimum atomic E-state index is -5.45. The second kappa shape index (κ2) is 8.31. The summed E-state index contributed by atoms with van der Waals surface area (Å²) in [6.07, 6.45) is 2.56. The first-order chi connectivity index (χ1) is 12.6. The lowest BCUT2D eigenvalue weighted by molar-refractivity contribution is -0.0487. The van der Waals surface area contributed by atoms with Gasteiger partial charge in [-0.3, -0.25) is 0 Å². The monoisotopic (exact) mass is 400 g/mol. The Bertz CT molecular complexity index is 830. The summed E-state index contributed by atoms with van der Waals surface area (Å²) < 4.78 is 63.9. The minimum absolute atomic E-state index is 0.289. The van der Waals surface area contributed by atoms with Crippen LogP contribution in [0.2, 0.25) is 0 Å². The summed E-state index contributed by atoms with van der Waals surface area (Å²) in [6, 6.07) is 8.99. The van der Waals surface area contributed by atoms with Crippen molar-refractivity contribution in [3.05, 3.63) is 72.0 Å². The van der Waals surface area contributed by atoms with Gasteiger partial charge in [-0.15, -0.1) is 0 Å². The third-order valence-corrected chi connectivity index (χ3v) is 5.96. The van der Waals surface area contributed by atoms with E-state index >= 15 is 0 Å². The Morgan fingerprint density at radius 2 is 1.96 bits per heavy atom. The smallest absolute Gasteiger partial charge is 0.381 e. The van der Waals surface area contributed by atoms with E-state index in [2.05, 4.69) is 18.5 Å². The maximum absolute atomic E-state index is 13.1. The molecule has 148 valence electrons. The van der Waals surface area contributed by atoms with Crippen molar-refractivity contribution < 1.29 is 21.6 Å². The molecule has 0 aliphatic carbocycles. The van der Waals surface area contributed by atoms with Crippen LogP contribution in [0.5, 0.6) is 0 Å². The zero-order valence-electron chi connectivity index (χ0n) is 15.1. The van der Waals surface area contributed by atoms with Crippen LogP contribution in [0.3, 0.4) is 0 Å². The van der Waals surface area contributed by atoms with Crippen molar-refractivity contribution in [2.24, 2.45) is 0 Å². The van der Waals surface area contributed by atoms with Gasteiger partial charge in [-0.05, 0) is 37.0 Å². The highest BCUT2D eigenvalue weighted by molar-refractivity contribution is 7.90. The fourth-order valence-corrected chi connectivity index (χ4v) is 3.92. The number of benzene rings is 1. The van der Waals surface area contributed by atoms with E-state index in [4.69, 9.17) is 0 Å². The van der Waals surface area contributed by atoms with Gasteiger partial charge in [-0.25, -0.2) is 8.42 Å². The summed E-state index contributed by atoms with van der Waals surface area (Å²) in [6.45, 7) is 8.41. The van der Waals surface area contributed by atoms with Crippen LogP contribution in [-0.2, 0) is 16.4 Å². The lowest BCUT2D eigenvalue weighted by Gasteiger charge is -2.26. The van der Waals surface area contributed by atoms with Gasteiger partial charge >= 0.3 is 15.5 Å². The van der Waals surface area contributed by atoms with Crippen LogP contribution in [-0.4, -0.2) is 37.4 Å². The number of allylic oxidation sites excluding steroid dienone is 1. The Labute approximate surface area is 158 Å². The lowest BCUT2D eigenvalue weighted by atomic mass is 10.0. The van der Waals surface area contributed by atoms with Crippen molar-refractivity contribution in [3.63, 3.8) is 0 Å². The Morgan fingerprint density at radius 1 is 1.33 bits per heavy atom. The molecule has 0 saturated heterocycles. The van der Waals surface area contributed by atoms with E-state index in [0.29, 0.717) is 34.0 Å². The first kappa shape index (κ1) is 21.2. The first-order valence-electron chi connectivity index (χ1n) is 8.44. The van der Waals surface area contributed by atoms with E-state index in [1.807, 2.05) is 30.3 Å². The highest BCUT2D eigenvalue weighted by Crippen LogP contribution is 2.30. The molecule has 0 fully saturated rings. The SMILES string of the molecule is C=CC1=C(C(=C)C)CN(S(=O)(=O)C(F)(F)F)CC(CCc2ccccc2)N1. The van der Waals surface area contributed by atoms with Crippen LogP contribution in [0.25, 0.3) is 0 Å². The summed E-state index contributed by atoms with van der Waals surface area (Å²) in [5, 5.41) is 3.15. The number of rotatable bonds is 6. The van der Waals surface area contributed by atoms with Gasteiger partial charge < -0.3 is 5.32 Å². The molecule has 1 unspecified atom stereocenters. The summed E-state index contributed by atoms with van der Waals surface area (Å²) in [5.41, 5.74) is -2.92. The van der Waals surface area contributed by atoms with E-state index in [9.17, 15) is 21.6 Å². The molecule has 0 saturated carbocycles.